The molecule has 0 atom stereocenters. The second kappa shape index (κ2) is 7.32. The highest BCUT2D eigenvalue weighted by molar-refractivity contribution is 5.97. The van der Waals surface area contributed by atoms with Gasteiger partial charge in [0, 0.05) is 24.1 Å². The fraction of sp³-hybridized carbons (Fsp3) is 0.333. The minimum absolute atomic E-state index is 0.139. The van der Waals surface area contributed by atoms with Gasteiger partial charge in [-0.05, 0) is 19.0 Å². The summed E-state index contributed by atoms with van der Waals surface area (Å²) in [5.74, 6) is -0.928. The van der Waals surface area contributed by atoms with Gasteiger partial charge in [0.15, 0.2) is 5.84 Å². The average molecular weight is 268 g/mol. The molecular weight excluding hydrogens is 251 g/mol. The lowest BCUT2D eigenvalue weighted by atomic mass is 10.1. The number of amides is 1. The SMILES string of the molecule is NC(=O)CCCNCc1ccc(C(N)=NO)cc1F. The molecule has 0 fully saturated rings. The first kappa shape index (κ1) is 14.9. The van der Waals surface area contributed by atoms with Crippen molar-refractivity contribution in [3.63, 3.8) is 0 Å². The maximum atomic E-state index is 13.7. The zero-order valence-electron chi connectivity index (χ0n) is 10.4. The molecule has 1 aromatic carbocycles. The summed E-state index contributed by atoms with van der Waals surface area (Å²) >= 11 is 0. The Morgan fingerprint density at radius 2 is 2.16 bits per heavy atom. The molecule has 0 aromatic heterocycles. The summed E-state index contributed by atoms with van der Waals surface area (Å²) in [5, 5.41) is 14.3. The van der Waals surface area contributed by atoms with Crippen LogP contribution in [0.2, 0.25) is 0 Å². The Morgan fingerprint density at radius 1 is 1.42 bits per heavy atom. The van der Waals surface area contributed by atoms with Crippen LogP contribution in [0.3, 0.4) is 0 Å². The molecule has 1 amide bonds. The van der Waals surface area contributed by atoms with Crippen LogP contribution in [0.1, 0.15) is 24.0 Å². The number of rotatable bonds is 7. The topological polar surface area (TPSA) is 114 Å². The van der Waals surface area contributed by atoms with Gasteiger partial charge >= 0.3 is 0 Å². The van der Waals surface area contributed by atoms with Crippen LogP contribution in [0.5, 0.6) is 0 Å². The van der Waals surface area contributed by atoms with Gasteiger partial charge in [0.05, 0.1) is 0 Å². The molecule has 0 aliphatic carbocycles. The molecule has 7 heteroatoms. The molecule has 0 saturated heterocycles. The van der Waals surface area contributed by atoms with E-state index >= 15 is 0 Å². The van der Waals surface area contributed by atoms with Crippen molar-refractivity contribution in [2.75, 3.05) is 6.54 Å². The predicted molar refractivity (Wildman–Crippen MR) is 69.0 cm³/mol. The minimum atomic E-state index is -0.438. The zero-order valence-corrected chi connectivity index (χ0v) is 10.4. The van der Waals surface area contributed by atoms with Crippen molar-refractivity contribution in [2.45, 2.75) is 19.4 Å². The van der Waals surface area contributed by atoms with Gasteiger partial charge < -0.3 is 22.0 Å². The molecule has 1 aromatic rings. The molecular formula is C12H17FN4O2. The van der Waals surface area contributed by atoms with Crippen LogP contribution in [0, 0.1) is 5.82 Å². The molecule has 0 unspecified atom stereocenters. The number of hydrogen-bond acceptors (Lipinski definition) is 4. The maximum Gasteiger partial charge on any atom is 0.217 e. The van der Waals surface area contributed by atoms with Crippen LogP contribution in [-0.2, 0) is 11.3 Å². The number of carbonyl (C=O) groups is 1. The maximum absolute atomic E-state index is 13.7. The summed E-state index contributed by atoms with van der Waals surface area (Å²) in [4.78, 5) is 10.5. The van der Waals surface area contributed by atoms with Gasteiger partial charge in [-0.25, -0.2) is 4.39 Å². The van der Waals surface area contributed by atoms with E-state index in [0.717, 1.165) is 0 Å². The molecule has 104 valence electrons. The summed E-state index contributed by atoms with van der Waals surface area (Å²) in [7, 11) is 0. The Labute approximate surface area is 110 Å². The zero-order chi connectivity index (χ0) is 14.3. The van der Waals surface area contributed by atoms with E-state index in [1.807, 2.05) is 0 Å². The first-order valence-corrected chi connectivity index (χ1v) is 5.80. The molecule has 0 saturated carbocycles. The van der Waals surface area contributed by atoms with Gasteiger partial charge in [-0.3, -0.25) is 4.79 Å². The molecule has 19 heavy (non-hydrogen) atoms. The van der Waals surface area contributed by atoms with Crippen molar-refractivity contribution >= 4 is 11.7 Å². The molecule has 0 aliphatic rings. The summed E-state index contributed by atoms with van der Waals surface area (Å²) in [6.07, 6.45) is 0.914. The Hall–Kier alpha value is -2.15. The molecule has 0 spiro atoms. The number of hydrogen-bond donors (Lipinski definition) is 4. The normalized spacial score (nSPS) is 11.5. The first-order chi connectivity index (χ1) is 9.04. The molecule has 0 heterocycles. The lowest BCUT2D eigenvalue weighted by molar-refractivity contribution is -0.118. The number of carbonyl (C=O) groups excluding carboxylic acids is 1. The van der Waals surface area contributed by atoms with Crippen LogP contribution in [-0.4, -0.2) is 23.5 Å². The molecule has 0 bridgehead atoms. The number of nitrogens with two attached hydrogens (primary N) is 2. The average Bonchev–Trinajstić information content (AvgIpc) is 2.38. The van der Waals surface area contributed by atoms with Crippen LogP contribution in [0.25, 0.3) is 0 Å². The van der Waals surface area contributed by atoms with Crippen molar-refractivity contribution in [2.24, 2.45) is 16.6 Å². The van der Waals surface area contributed by atoms with Gasteiger partial charge in [0.1, 0.15) is 5.82 Å². The van der Waals surface area contributed by atoms with E-state index in [1.165, 1.54) is 6.07 Å². The smallest absolute Gasteiger partial charge is 0.217 e. The number of benzene rings is 1. The molecule has 0 aliphatic heterocycles. The number of amidine groups is 1. The Kier molecular flexibility index (Phi) is 5.74. The molecule has 0 radical (unpaired) electrons. The summed E-state index contributed by atoms with van der Waals surface area (Å²) < 4.78 is 13.7. The van der Waals surface area contributed by atoms with Crippen molar-refractivity contribution in [1.82, 2.24) is 5.32 Å². The number of halogens is 1. The summed E-state index contributed by atoms with van der Waals surface area (Å²) in [6.45, 7) is 0.908. The van der Waals surface area contributed by atoms with Gasteiger partial charge in [-0.1, -0.05) is 17.3 Å². The lowest BCUT2D eigenvalue weighted by Gasteiger charge is -2.07. The van der Waals surface area contributed by atoms with Gasteiger partial charge in [-0.15, -0.1) is 0 Å². The van der Waals surface area contributed by atoms with Crippen molar-refractivity contribution in [3.8, 4) is 0 Å². The van der Waals surface area contributed by atoms with Gasteiger partial charge in [0.25, 0.3) is 0 Å². The van der Waals surface area contributed by atoms with Gasteiger partial charge in [0.2, 0.25) is 5.91 Å². The van der Waals surface area contributed by atoms with Crippen LogP contribution < -0.4 is 16.8 Å². The highest BCUT2D eigenvalue weighted by Crippen LogP contribution is 2.10. The third-order valence-electron chi connectivity index (χ3n) is 2.55. The Balaban J connectivity index is 2.49. The number of primary amides is 1. The second-order valence-corrected chi connectivity index (χ2v) is 4.04. The summed E-state index contributed by atoms with van der Waals surface area (Å²) in [6, 6.07) is 4.33. The van der Waals surface area contributed by atoms with E-state index in [0.29, 0.717) is 37.1 Å². The number of oxime groups is 1. The van der Waals surface area contributed by atoms with E-state index in [-0.39, 0.29) is 11.7 Å². The number of nitrogens with one attached hydrogen (secondary N) is 1. The third-order valence-corrected chi connectivity index (χ3v) is 2.55. The van der Waals surface area contributed by atoms with Crippen molar-refractivity contribution in [1.29, 1.82) is 0 Å². The fourth-order valence-corrected chi connectivity index (χ4v) is 1.52. The van der Waals surface area contributed by atoms with Crippen LogP contribution in [0.4, 0.5) is 4.39 Å². The quantitative estimate of drug-likeness (QED) is 0.187. The van der Waals surface area contributed by atoms with Crippen LogP contribution >= 0.6 is 0 Å². The molecule has 6 N–H and O–H groups in total. The minimum Gasteiger partial charge on any atom is -0.409 e. The van der Waals surface area contributed by atoms with Crippen LogP contribution in [0.15, 0.2) is 23.4 Å². The fourth-order valence-electron chi connectivity index (χ4n) is 1.52. The highest BCUT2D eigenvalue weighted by atomic mass is 19.1. The van der Waals surface area contributed by atoms with Gasteiger partial charge in [-0.2, -0.15) is 0 Å². The number of nitrogens with zero attached hydrogens (tertiary/aromatic N) is 1. The molecule has 1 rings (SSSR count). The lowest BCUT2D eigenvalue weighted by Crippen LogP contribution is -2.19. The van der Waals surface area contributed by atoms with E-state index < -0.39 is 5.82 Å². The Bertz CT molecular complexity index is 477. The first-order valence-electron chi connectivity index (χ1n) is 5.80. The largest absolute Gasteiger partial charge is 0.409 e. The van der Waals surface area contributed by atoms with E-state index in [4.69, 9.17) is 16.7 Å². The summed E-state index contributed by atoms with van der Waals surface area (Å²) in [5.41, 5.74) is 11.1. The van der Waals surface area contributed by atoms with E-state index in [2.05, 4.69) is 10.5 Å². The van der Waals surface area contributed by atoms with Crippen molar-refractivity contribution < 1.29 is 14.4 Å². The monoisotopic (exact) mass is 268 g/mol. The second-order valence-electron chi connectivity index (χ2n) is 4.04. The standard InChI is InChI=1S/C12H17FN4O2/c13-10-6-8(12(15)17-19)3-4-9(10)7-16-5-1-2-11(14)18/h3-4,6,16,19H,1-2,5,7H2,(H2,14,18)(H2,15,17). The highest BCUT2D eigenvalue weighted by Gasteiger charge is 2.06. The van der Waals surface area contributed by atoms with E-state index in [9.17, 15) is 9.18 Å². The molecule has 6 nitrogen and oxygen atoms in total. The Morgan fingerprint density at radius 3 is 2.74 bits per heavy atom. The third kappa shape index (κ3) is 4.92. The van der Waals surface area contributed by atoms with Crippen molar-refractivity contribution in [3.05, 3.63) is 35.1 Å². The van der Waals surface area contributed by atoms with E-state index in [1.54, 1.807) is 12.1 Å². The predicted octanol–water partition coefficient (Wildman–Crippen LogP) is 0.275.